The van der Waals surface area contributed by atoms with Crippen LogP contribution in [-0.4, -0.2) is 60.3 Å². The molecule has 0 radical (unpaired) electrons. The van der Waals surface area contributed by atoms with E-state index in [1.54, 1.807) is 0 Å². The van der Waals surface area contributed by atoms with Crippen molar-refractivity contribution in [2.45, 2.75) is 51.2 Å². The molecule has 2 rings (SSSR count). The minimum atomic E-state index is -0.113. The van der Waals surface area contributed by atoms with Gasteiger partial charge in [0, 0.05) is 19.1 Å². The summed E-state index contributed by atoms with van der Waals surface area (Å²) in [5.74, 6) is 0.844. The Balaban J connectivity index is 1.81. The number of nitrogens with zero attached hydrogens (tertiary/aromatic N) is 2. The molecule has 2 heterocycles. The van der Waals surface area contributed by atoms with Gasteiger partial charge in [-0.05, 0) is 51.7 Å². The second kappa shape index (κ2) is 6.17. The first-order valence-electron chi connectivity index (χ1n) is 7.31. The third kappa shape index (κ3) is 3.43. The molecule has 0 aromatic carbocycles. The van der Waals surface area contributed by atoms with E-state index in [2.05, 4.69) is 23.8 Å². The number of hydrogen-bond donors (Lipinski definition) is 1. The van der Waals surface area contributed by atoms with Crippen molar-refractivity contribution in [1.29, 1.82) is 0 Å². The van der Waals surface area contributed by atoms with Crippen molar-refractivity contribution in [2.24, 2.45) is 5.92 Å². The van der Waals surface area contributed by atoms with Gasteiger partial charge in [-0.2, -0.15) is 0 Å². The lowest BCUT2D eigenvalue weighted by Gasteiger charge is -2.46. The third-order valence-electron chi connectivity index (χ3n) is 4.52. The topological polar surface area (TPSA) is 26.7 Å². The molecule has 0 amide bonds. The number of rotatable bonds is 4. The largest absolute Gasteiger partial charge is 0.392 e. The van der Waals surface area contributed by atoms with Crippen LogP contribution in [0.25, 0.3) is 0 Å². The lowest BCUT2D eigenvalue weighted by molar-refractivity contribution is 0.0162. The van der Waals surface area contributed by atoms with Gasteiger partial charge in [-0.15, -0.1) is 0 Å². The lowest BCUT2D eigenvalue weighted by atomic mass is 9.84. The summed E-state index contributed by atoms with van der Waals surface area (Å²) in [7, 11) is 2.28. The second-order valence-corrected chi connectivity index (χ2v) is 5.94. The van der Waals surface area contributed by atoms with Crippen molar-refractivity contribution >= 4 is 0 Å². The van der Waals surface area contributed by atoms with Crippen LogP contribution in [0.5, 0.6) is 0 Å². The molecular weight excluding hydrogens is 212 g/mol. The molecule has 3 heteroatoms. The van der Waals surface area contributed by atoms with Gasteiger partial charge in [0.25, 0.3) is 0 Å². The van der Waals surface area contributed by atoms with Crippen LogP contribution < -0.4 is 0 Å². The molecular formula is C14H28N2O. The summed E-state index contributed by atoms with van der Waals surface area (Å²) in [6, 6.07) is 0.809. The molecule has 0 saturated carbocycles. The average Bonchev–Trinajstić information content (AvgIpc) is 2.29. The monoisotopic (exact) mass is 240 g/mol. The summed E-state index contributed by atoms with van der Waals surface area (Å²) in [6.45, 7) is 6.69. The van der Waals surface area contributed by atoms with Crippen LogP contribution in [0.1, 0.15) is 39.0 Å². The van der Waals surface area contributed by atoms with Crippen molar-refractivity contribution < 1.29 is 5.11 Å². The van der Waals surface area contributed by atoms with Crippen molar-refractivity contribution in [3.63, 3.8) is 0 Å². The van der Waals surface area contributed by atoms with E-state index in [1.165, 1.54) is 38.9 Å². The Kier molecular flexibility index (Phi) is 4.83. The number of β-amino-alcohol motifs (C(OH)–C–C–N with tert-alkyl or cyclic N) is 1. The van der Waals surface area contributed by atoms with Gasteiger partial charge in [-0.1, -0.05) is 13.3 Å². The highest BCUT2D eigenvalue weighted by molar-refractivity contribution is 4.89. The third-order valence-corrected chi connectivity index (χ3v) is 4.52. The molecule has 0 bridgehead atoms. The molecule has 0 aliphatic carbocycles. The molecule has 3 unspecified atom stereocenters. The number of piperidine rings is 2. The molecule has 3 atom stereocenters. The number of aliphatic hydroxyl groups is 1. The number of likely N-dealkylation sites (tertiary alicyclic amines) is 2. The van der Waals surface area contributed by atoms with Gasteiger partial charge in [0.15, 0.2) is 0 Å². The van der Waals surface area contributed by atoms with E-state index in [4.69, 9.17) is 0 Å². The standard InChI is InChI=1S/C14H28N2O/c1-3-5-13(17)11-16-9-7-14-12(10-16)6-4-8-15(14)2/h12-14,17H,3-11H2,1-2H3. The van der Waals surface area contributed by atoms with Crippen LogP contribution in [-0.2, 0) is 0 Å². The first kappa shape index (κ1) is 13.3. The van der Waals surface area contributed by atoms with Crippen molar-refractivity contribution in [2.75, 3.05) is 33.2 Å². The first-order valence-corrected chi connectivity index (χ1v) is 7.31. The summed E-state index contributed by atoms with van der Waals surface area (Å²) in [5.41, 5.74) is 0. The normalized spacial score (nSPS) is 33.4. The Morgan fingerprint density at radius 2 is 2.12 bits per heavy atom. The van der Waals surface area contributed by atoms with Gasteiger partial charge in [0.1, 0.15) is 0 Å². The van der Waals surface area contributed by atoms with Crippen molar-refractivity contribution in [3.8, 4) is 0 Å². The average molecular weight is 240 g/mol. The SMILES string of the molecule is CCCC(O)CN1CCC2C(CCCN2C)C1. The highest BCUT2D eigenvalue weighted by Gasteiger charge is 2.34. The van der Waals surface area contributed by atoms with Gasteiger partial charge in [-0.3, -0.25) is 0 Å². The number of hydrogen-bond acceptors (Lipinski definition) is 3. The Morgan fingerprint density at radius 3 is 2.88 bits per heavy atom. The van der Waals surface area contributed by atoms with Crippen LogP contribution in [0, 0.1) is 5.92 Å². The highest BCUT2D eigenvalue weighted by atomic mass is 16.3. The highest BCUT2D eigenvalue weighted by Crippen LogP contribution is 2.29. The fraction of sp³-hybridized carbons (Fsp3) is 1.00. The minimum absolute atomic E-state index is 0.113. The van der Waals surface area contributed by atoms with Gasteiger partial charge >= 0.3 is 0 Å². The van der Waals surface area contributed by atoms with Crippen LogP contribution in [0.4, 0.5) is 0 Å². The summed E-state index contributed by atoms with van der Waals surface area (Å²) < 4.78 is 0. The fourth-order valence-electron chi connectivity index (χ4n) is 3.62. The predicted octanol–water partition coefficient (Wildman–Crippen LogP) is 1.56. The molecule has 0 spiro atoms. The Hall–Kier alpha value is -0.120. The Morgan fingerprint density at radius 1 is 1.29 bits per heavy atom. The van der Waals surface area contributed by atoms with Gasteiger partial charge in [0.2, 0.25) is 0 Å². The van der Waals surface area contributed by atoms with E-state index in [-0.39, 0.29) is 6.10 Å². The number of fused-ring (bicyclic) bond motifs is 1. The Labute approximate surface area is 106 Å². The fourth-order valence-corrected chi connectivity index (χ4v) is 3.62. The molecule has 0 aromatic rings. The molecule has 2 fully saturated rings. The van der Waals surface area contributed by atoms with Gasteiger partial charge in [-0.25, -0.2) is 0 Å². The van der Waals surface area contributed by atoms with Gasteiger partial charge < -0.3 is 14.9 Å². The van der Waals surface area contributed by atoms with Crippen molar-refractivity contribution in [1.82, 2.24) is 9.80 Å². The first-order chi connectivity index (χ1) is 8.20. The zero-order valence-electron chi connectivity index (χ0n) is 11.4. The minimum Gasteiger partial charge on any atom is -0.392 e. The van der Waals surface area contributed by atoms with E-state index in [0.29, 0.717) is 0 Å². The van der Waals surface area contributed by atoms with Crippen LogP contribution >= 0.6 is 0 Å². The zero-order valence-corrected chi connectivity index (χ0v) is 11.4. The maximum Gasteiger partial charge on any atom is 0.0667 e. The van der Waals surface area contributed by atoms with Crippen LogP contribution in [0.15, 0.2) is 0 Å². The Bertz CT molecular complexity index is 234. The number of aliphatic hydroxyl groups excluding tert-OH is 1. The summed E-state index contributed by atoms with van der Waals surface area (Å²) in [5, 5.41) is 9.90. The predicted molar refractivity (Wildman–Crippen MR) is 71.1 cm³/mol. The van der Waals surface area contributed by atoms with E-state index in [1.807, 2.05) is 0 Å². The zero-order chi connectivity index (χ0) is 12.3. The van der Waals surface area contributed by atoms with E-state index >= 15 is 0 Å². The van der Waals surface area contributed by atoms with E-state index in [0.717, 1.165) is 31.3 Å². The van der Waals surface area contributed by atoms with Crippen molar-refractivity contribution in [3.05, 3.63) is 0 Å². The molecule has 17 heavy (non-hydrogen) atoms. The lowest BCUT2D eigenvalue weighted by Crippen LogP contribution is -2.53. The summed E-state index contributed by atoms with van der Waals surface area (Å²) in [6.07, 6.45) is 5.95. The smallest absolute Gasteiger partial charge is 0.0667 e. The molecule has 0 aromatic heterocycles. The summed E-state index contributed by atoms with van der Waals surface area (Å²) in [4.78, 5) is 5.04. The molecule has 2 saturated heterocycles. The second-order valence-electron chi connectivity index (χ2n) is 5.94. The molecule has 2 aliphatic rings. The van der Waals surface area contributed by atoms with E-state index < -0.39 is 0 Å². The van der Waals surface area contributed by atoms with Crippen LogP contribution in [0.3, 0.4) is 0 Å². The maximum absolute atomic E-state index is 9.90. The molecule has 1 N–H and O–H groups in total. The van der Waals surface area contributed by atoms with E-state index in [9.17, 15) is 5.11 Å². The molecule has 2 aliphatic heterocycles. The van der Waals surface area contributed by atoms with Gasteiger partial charge in [0.05, 0.1) is 6.10 Å². The molecule has 3 nitrogen and oxygen atoms in total. The van der Waals surface area contributed by atoms with Crippen LogP contribution in [0.2, 0.25) is 0 Å². The molecule has 100 valence electrons. The maximum atomic E-state index is 9.90. The summed E-state index contributed by atoms with van der Waals surface area (Å²) >= 11 is 0. The quantitative estimate of drug-likeness (QED) is 0.808.